The van der Waals surface area contributed by atoms with Crippen molar-refractivity contribution in [2.24, 2.45) is 7.05 Å². The van der Waals surface area contributed by atoms with Gasteiger partial charge < -0.3 is 10.1 Å². The van der Waals surface area contributed by atoms with Crippen molar-refractivity contribution < 1.29 is 27.5 Å². The first-order chi connectivity index (χ1) is 16.2. The van der Waals surface area contributed by atoms with Gasteiger partial charge in [0.05, 0.1) is 12.2 Å². The predicted molar refractivity (Wildman–Crippen MR) is 121 cm³/mol. The largest absolute Gasteiger partial charge is 0.464 e. The lowest BCUT2D eigenvalue weighted by molar-refractivity contribution is -0.145. The van der Waals surface area contributed by atoms with Crippen LogP contribution in [0.2, 0.25) is 0 Å². The van der Waals surface area contributed by atoms with E-state index in [-0.39, 0.29) is 6.61 Å². The number of nitrogens with one attached hydrogen (secondary N) is 1. The van der Waals surface area contributed by atoms with Crippen molar-refractivity contribution in [1.29, 1.82) is 0 Å². The van der Waals surface area contributed by atoms with Gasteiger partial charge in [0, 0.05) is 19.2 Å². The van der Waals surface area contributed by atoms with Gasteiger partial charge >= 0.3 is 12.1 Å². The molecule has 1 amide bonds. The maximum atomic E-state index is 13.4. The summed E-state index contributed by atoms with van der Waals surface area (Å²) in [6.07, 6.45) is -0.362. The highest BCUT2D eigenvalue weighted by Gasteiger charge is 2.40. The van der Waals surface area contributed by atoms with Crippen molar-refractivity contribution in [3.05, 3.63) is 95.3 Å². The van der Waals surface area contributed by atoms with Crippen LogP contribution in [0.3, 0.4) is 0 Å². The van der Waals surface area contributed by atoms with E-state index in [2.05, 4.69) is 10.4 Å². The molecule has 2 unspecified atom stereocenters. The molecule has 9 heteroatoms. The molecule has 0 saturated heterocycles. The van der Waals surface area contributed by atoms with Gasteiger partial charge in [-0.05, 0) is 18.1 Å². The van der Waals surface area contributed by atoms with E-state index in [4.69, 9.17) is 4.74 Å². The topological polar surface area (TPSA) is 73.2 Å². The molecule has 0 aliphatic heterocycles. The number of aromatic nitrogens is 2. The average molecular weight is 471 g/mol. The lowest BCUT2D eigenvalue weighted by Crippen LogP contribution is -2.45. The van der Waals surface area contributed by atoms with Gasteiger partial charge in [0.15, 0.2) is 5.69 Å². The van der Waals surface area contributed by atoms with Gasteiger partial charge in [0.1, 0.15) is 6.04 Å². The molecule has 0 spiro atoms. The third-order valence-electron chi connectivity index (χ3n) is 5.01. The summed E-state index contributed by atoms with van der Waals surface area (Å²) < 4.78 is 46.3. The third kappa shape index (κ3) is 6.12. The number of amides is 1. The van der Waals surface area contributed by atoms with E-state index in [0.717, 1.165) is 16.4 Å². The Balaban J connectivity index is 2.02. The van der Waals surface area contributed by atoms with Crippen LogP contribution in [0.25, 0.3) is 6.08 Å². The standard InChI is InChI=1S/C25H24F3N3O3/c1-3-34-24(33)21(29-23(32)20-16-31(2)30-22(20)25(26,27)28)19(18-12-8-5-9-13-18)15-14-17-10-6-4-7-11-17/h4-16,19,21H,3H2,1-2H3,(H,29,32)/b15-14+. The molecule has 178 valence electrons. The number of rotatable bonds is 8. The van der Waals surface area contributed by atoms with E-state index in [1.807, 2.05) is 30.3 Å². The number of nitrogens with zero attached hydrogens (tertiary/aromatic N) is 2. The molecule has 6 nitrogen and oxygen atoms in total. The summed E-state index contributed by atoms with van der Waals surface area (Å²) in [5.41, 5.74) is -0.478. The molecular weight excluding hydrogens is 447 g/mol. The van der Waals surface area contributed by atoms with Crippen molar-refractivity contribution in [3.63, 3.8) is 0 Å². The van der Waals surface area contributed by atoms with Crippen molar-refractivity contribution in [2.45, 2.75) is 25.1 Å². The second-order valence-corrected chi connectivity index (χ2v) is 7.47. The molecule has 2 aromatic carbocycles. The second-order valence-electron chi connectivity index (χ2n) is 7.47. The molecule has 0 radical (unpaired) electrons. The van der Waals surface area contributed by atoms with Crippen LogP contribution >= 0.6 is 0 Å². The summed E-state index contributed by atoms with van der Waals surface area (Å²) >= 11 is 0. The van der Waals surface area contributed by atoms with Gasteiger partial charge in [-0.1, -0.05) is 72.8 Å². The predicted octanol–water partition coefficient (Wildman–Crippen LogP) is 4.60. The van der Waals surface area contributed by atoms with Gasteiger partial charge in [-0.15, -0.1) is 0 Å². The Bertz CT molecular complexity index is 1140. The summed E-state index contributed by atoms with van der Waals surface area (Å²) in [5, 5.41) is 5.83. The molecule has 3 aromatic rings. The first-order valence-electron chi connectivity index (χ1n) is 10.6. The fourth-order valence-electron chi connectivity index (χ4n) is 3.48. The Labute approximate surface area is 195 Å². The highest BCUT2D eigenvalue weighted by atomic mass is 19.4. The molecule has 1 aromatic heterocycles. The summed E-state index contributed by atoms with van der Waals surface area (Å²) in [7, 11) is 1.28. The zero-order valence-electron chi connectivity index (χ0n) is 18.6. The smallest absolute Gasteiger partial charge is 0.435 e. The second kappa shape index (κ2) is 10.8. The molecule has 3 rings (SSSR count). The van der Waals surface area contributed by atoms with Gasteiger partial charge in [0.25, 0.3) is 5.91 Å². The van der Waals surface area contributed by atoms with E-state index in [1.54, 1.807) is 49.4 Å². The molecule has 2 atom stereocenters. The van der Waals surface area contributed by atoms with Crippen molar-refractivity contribution in [2.75, 3.05) is 6.61 Å². The van der Waals surface area contributed by atoms with E-state index in [9.17, 15) is 22.8 Å². The van der Waals surface area contributed by atoms with Crippen LogP contribution in [0.15, 0.2) is 72.9 Å². The van der Waals surface area contributed by atoms with Crippen LogP contribution in [0.4, 0.5) is 13.2 Å². The van der Waals surface area contributed by atoms with Gasteiger partial charge in [0.2, 0.25) is 0 Å². The molecule has 0 aliphatic rings. The summed E-state index contributed by atoms with van der Waals surface area (Å²) in [4.78, 5) is 25.9. The van der Waals surface area contributed by atoms with E-state index < -0.39 is 41.3 Å². The number of halogens is 3. The number of benzene rings is 2. The SMILES string of the molecule is CCOC(=O)C(NC(=O)c1cn(C)nc1C(F)(F)F)C(/C=C/c1ccccc1)c1ccccc1. The summed E-state index contributed by atoms with van der Waals surface area (Å²) in [6.45, 7) is 1.65. The highest BCUT2D eigenvalue weighted by Crippen LogP contribution is 2.31. The normalized spacial score (nSPS) is 13.4. The molecule has 1 heterocycles. The highest BCUT2D eigenvalue weighted by molar-refractivity contribution is 5.98. The number of aryl methyl sites for hydroxylation is 1. The number of carbonyl (C=O) groups is 2. The number of hydrogen-bond donors (Lipinski definition) is 1. The third-order valence-corrected chi connectivity index (χ3v) is 5.01. The van der Waals surface area contributed by atoms with Crippen molar-refractivity contribution >= 4 is 18.0 Å². The Hall–Kier alpha value is -3.88. The Morgan fingerprint density at radius 3 is 2.29 bits per heavy atom. The maximum absolute atomic E-state index is 13.4. The van der Waals surface area contributed by atoms with Gasteiger partial charge in [-0.3, -0.25) is 9.48 Å². The Morgan fingerprint density at radius 2 is 1.71 bits per heavy atom. The molecule has 0 saturated carbocycles. The van der Waals surface area contributed by atoms with Crippen molar-refractivity contribution in [1.82, 2.24) is 15.1 Å². The van der Waals surface area contributed by atoms with E-state index in [0.29, 0.717) is 5.56 Å². The summed E-state index contributed by atoms with van der Waals surface area (Å²) in [5.74, 6) is -2.55. The number of alkyl halides is 3. The van der Waals surface area contributed by atoms with Gasteiger partial charge in [-0.25, -0.2) is 4.79 Å². The molecule has 0 aliphatic carbocycles. The minimum Gasteiger partial charge on any atom is -0.464 e. The lowest BCUT2D eigenvalue weighted by Gasteiger charge is -2.25. The molecular formula is C25H24F3N3O3. The minimum atomic E-state index is -4.83. The fourth-order valence-corrected chi connectivity index (χ4v) is 3.48. The molecule has 0 fully saturated rings. The van der Waals surface area contributed by atoms with Crippen LogP contribution < -0.4 is 5.32 Å². The zero-order chi connectivity index (χ0) is 24.7. The van der Waals surface area contributed by atoms with Crippen LogP contribution in [-0.4, -0.2) is 34.3 Å². The van der Waals surface area contributed by atoms with Gasteiger partial charge in [-0.2, -0.15) is 18.3 Å². The molecule has 1 N–H and O–H groups in total. The van der Waals surface area contributed by atoms with Crippen LogP contribution in [0, 0.1) is 0 Å². The Morgan fingerprint density at radius 1 is 1.09 bits per heavy atom. The van der Waals surface area contributed by atoms with Crippen molar-refractivity contribution in [3.8, 4) is 0 Å². The quantitative estimate of drug-likeness (QED) is 0.488. The number of carbonyl (C=O) groups excluding carboxylic acids is 2. The lowest BCUT2D eigenvalue weighted by atomic mass is 9.90. The Kier molecular flexibility index (Phi) is 7.88. The van der Waals surface area contributed by atoms with Crippen LogP contribution in [0.5, 0.6) is 0 Å². The number of ether oxygens (including phenoxy) is 1. The first-order valence-corrected chi connectivity index (χ1v) is 10.6. The minimum absolute atomic E-state index is 0.0375. The fraction of sp³-hybridized carbons (Fsp3) is 0.240. The van der Waals surface area contributed by atoms with Crippen LogP contribution in [-0.2, 0) is 22.8 Å². The first kappa shape index (κ1) is 24.8. The number of esters is 1. The maximum Gasteiger partial charge on any atom is 0.435 e. The monoisotopic (exact) mass is 471 g/mol. The van der Waals surface area contributed by atoms with Crippen LogP contribution in [0.1, 0.15) is 40.0 Å². The zero-order valence-corrected chi connectivity index (χ0v) is 18.6. The molecule has 0 bridgehead atoms. The number of hydrogen-bond acceptors (Lipinski definition) is 4. The molecule has 34 heavy (non-hydrogen) atoms. The van der Waals surface area contributed by atoms with E-state index >= 15 is 0 Å². The summed E-state index contributed by atoms with van der Waals surface area (Å²) in [6, 6.07) is 16.9. The van der Waals surface area contributed by atoms with E-state index in [1.165, 1.54) is 7.05 Å². The average Bonchev–Trinajstić information content (AvgIpc) is 3.22.